The van der Waals surface area contributed by atoms with Crippen LogP contribution in [0.1, 0.15) is 21.6 Å². The van der Waals surface area contributed by atoms with Crippen LogP contribution in [0.4, 0.5) is 11.4 Å². The van der Waals surface area contributed by atoms with Gasteiger partial charge in [-0.15, -0.1) is 0 Å². The fraction of sp³-hybridized carbons (Fsp3) is 0.143. The van der Waals surface area contributed by atoms with E-state index in [2.05, 4.69) is 10.3 Å². The maximum atomic E-state index is 12.0. The van der Waals surface area contributed by atoms with Crippen LogP contribution < -0.4 is 11.1 Å². The highest BCUT2D eigenvalue weighted by atomic mass is 16.1. The van der Waals surface area contributed by atoms with Gasteiger partial charge in [-0.25, -0.2) is 0 Å². The van der Waals surface area contributed by atoms with Gasteiger partial charge in [0.15, 0.2) is 0 Å². The van der Waals surface area contributed by atoms with E-state index in [1.165, 1.54) is 0 Å². The molecule has 4 heteroatoms. The summed E-state index contributed by atoms with van der Waals surface area (Å²) >= 11 is 0. The van der Waals surface area contributed by atoms with E-state index < -0.39 is 0 Å². The molecule has 4 nitrogen and oxygen atoms in total. The fourth-order valence-electron chi connectivity index (χ4n) is 1.59. The number of benzene rings is 1. The van der Waals surface area contributed by atoms with E-state index in [-0.39, 0.29) is 5.91 Å². The van der Waals surface area contributed by atoms with E-state index in [0.717, 1.165) is 11.3 Å². The lowest BCUT2D eigenvalue weighted by Crippen LogP contribution is -2.13. The summed E-state index contributed by atoms with van der Waals surface area (Å²) in [5.41, 5.74) is 9.47. The van der Waals surface area contributed by atoms with Crippen molar-refractivity contribution in [2.24, 2.45) is 0 Å². The molecule has 2 rings (SSSR count). The number of carbonyl (C=O) groups is 1. The molecule has 92 valence electrons. The van der Waals surface area contributed by atoms with Gasteiger partial charge in [-0.3, -0.25) is 9.78 Å². The molecule has 0 saturated carbocycles. The van der Waals surface area contributed by atoms with Crippen molar-refractivity contribution in [1.29, 1.82) is 0 Å². The van der Waals surface area contributed by atoms with Crippen LogP contribution in [0.5, 0.6) is 0 Å². The predicted octanol–water partition coefficient (Wildman–Crippen LogP) is 2.53. The second kappa shape index (κ2) is 4.87. The molecule has 0 spiro atoms. The maximum absolute atomic E-state index is 12.0. The van der Waals surface area contributed by atoms with Crippen LogP contribution in [0.25, 0.3) is 0 Å². The van der Waals surface area contributed by atoms with Crippen LogP contribution in [0.15, 0.2) is 36.5 Å². The molecule has 0 unspecified atom stereocenters. The van der Waals surface area contributed by atoms with Gasteiger partial charge in [-0.2, -0.15) is 0 Å². The van der Waals surface area contributed by atoms with Gasteiger partial charge in [-0.1, -0.05) is 6.07 Å². The zero-order valence-corrected chi connectivity index (χ0v) is 10.4. The minimum atomic E-state index is -0.210. The van der Waals surface area contributed by atoms with Gasteiger partial charge in [0.05, 0.1) is 16.9 Å². The number of rotatable bonds is 2. The number of nitrogens with zero attached hydrogens (tertiary/aromatic N) is 1. The predicted molar refractivity (Wildman–Crippen MR) is 72.5 cm³/mol. The molecule has 0 aliphatic rings. The van der Waals surface area contributed by atoms with Crippen molar-refractivity contribution in [2.75, 3.05) is 11.1 Å². The number of aryl methyl sites for hydroxylation is 2. The molecule has 0 fully saturated rings. The Morgan fingerprint density at radius 2 is 2.00 bits per heavy atom. The Hall–Kier alpha value is -2.36. The van der Waals surface area contributed by atoms with Gasteiger partial charge >= 0.3 is 0 Å². The number of nitrogen functional groups attached to an aromatic ring is 1. The molecule has 3 N–H and O–H groups in total. The summed E-state index contributed by atoms with van der Waals surface area (Å²) in [4.78, 5) is 16.0. The van der Waals surface area contributed by atoms with Crippen LogP contribution in [-0.4, -0.2) is 10.9 Å². The summed E-state index contributed by atoms with van der Waals surface area (Å²) in [7, 11) is 0. The lowest BCUT2D eigenvalue weighted by atomic mass is 10.2. The average molecular weight is 241 g/mol. The second-order valence-electron chi connectivity index (χ2n) is 4.23. The Labute approximate surface area is 106 Å². The number of hydrogen-bond donors (Lipinski definition) is 2. The largest absolute Gasteiger partial charge is 0.397 e. The second-order valence-corrected chi connectivity index (χ2v) is 4.23. The lowest BCUT2D eigenvalue weighted by molar-refractivity contribution is 0.102. The van der Waals surface area contributed by atoms with Gasteiger partial charge in [-0.05, 0) is 43.7 Å². The molecule has 1 aromatic carbocycles. The SMILES string of the molecule is Cc1ccc(NC(=O)c2ccc(C)nc2)c(N)c1. The first kappa shape index (κ1) is 12.1. The van der Waals surface area contributed by atoms with Crippen LogP contribution in [-0.2, 0) is 0 Å². The van der Waals surface area contributed by atoms with Crippen LogP contribution >= 0.6 is 0 Å². The fourth-order valence-corrected chi connectivity index (χ4v) is 1.59. The van der Waals surface area contributed by atoms with E-state index in [0.29, 0.717) is 16.9 Å². The number of nitrogens with two attached hydrogens (primary N) is 1. The van der Waals surface area contributed by atoms with Gasteiger partial charge in [0.2, 0.25) is 0 Å². The summed E-state index contributed by atoms with van der Waals surface area (Å²) < 4.78 is 0. The van der Waals surface area contributed by atoms with Crippen molar-refractivity contribution in [2.45, 2.75) is 13.8 Å². The number of aromatic nitrogens is 1. The number of nitrogens with one attached hydrogen (secondary N) is 1. The Morgan fingerprint density at radius 1 is 1.22 bits per heavy atom. The molecule has 1 heterocycles. The molecule has 18 heavy (non-hydrogen) atoms. The number of hydrogen-bond acceptors (Lipinski definition) is 3. The third-order valence-electron chi connectivity index (χ3n) is 2.63. The maximum Gasteiger partial charge on any atom is 0.257 e. The summed E-state index contributed by atoms with van der Waals surface area (Å²) in [6.45, 7) is 3.82. The van der Waals surface area contributed by atoms with E-state index >= 15 is 0 Å². The van der Waals surface area contributed by atoms with E-state index in [4.69, 9.17) is 5.73 Å². The molecule has 0 radical (unpaired) electrons. The first-order valence-corrected chi connectivity index (χ1v) is 5.66. The molecule has 0 bridgehead atoms. The normalized spacial score (nSPS) is 10.1. The quantitative estimate of drug-likeness (QED) is 0.794. The summed E-state index contributed by atoms with van der Waals surface area (Å²) in [5, 5.41) is 2.77. The smallest absolute Gasteiger partial charge is 0.257 e. The van der Waals surface area contributed by atoms with Crippen LogP contribution in [0.3, 0.4) is 0 Å². The number of carbonyl (C=O) groups excluding carboxylic acids is 1. The molecule has 1 aromatic heterocycles. The molecule has 1 amide bonds. The first-order chi connectivity index (χ1) is 8.56. The summed E-state index contributed by atoms with van der Waals surface area (Å²) in [6.07, 6.45) is 1.55. The first-order valence-electron chi connectivity index (χ1n) is 5.66. The summed E-state index contributed by atoms with van der Waals surface area (Å²) in [5.74, 6) is -0.210. The highest BCUT2D eigenvalue weighted by Gasteiger charge is 2.08. The Kier molecular flexibility index (Phi) is 3.28. The Morgan fingerprint density at radius 3 is 2.61 bits per heavy atom. The third-order valence-corrected chi connectivity index (χ3v) is 2.63. The lowest BCUT2D eigenvalue weighted by Gasteiger charge is -2.08. The number of amides is 1. The Balaban J connectivity index is 2.18. The van der Waals surface area contributed by atoms with Crippen molar-refractivity contribution in [3.8, 4) is 0 Å². The van der Waals surface area contributed by atoms with Crippen molar-refractivity contribution in [3.63, 3.8) is 0 Å². The molecular weight excluding hydrogens is 226 g/mol. The van der Waals surface area contributed by atoms with Crippen molar-refractivity contribution < 1.29 is 4.79 Å². The van der Waals surface area contributed by atoms with Crippen LogP contribution in [0.2, 0.25) is 0 Å². The molecule has 0 aliphatic heterocycles. The van der Waals surface area contributed by atoms with Crippen molar-refractivity contribution >= 4 is 17.3 Å². The van der Waals surface area contributed by atoms with E-state index in [9.17, 15) is 4.79 Å². The van der Waals surface area contributed by atoms with Gasteiger partial charge < -0.3 is 11.1 Å². The molecule has 0 atom stereocenters. The summed E-state index contributed by atoms with van der Waals surface area (Å²) in [6, 6.07) is 9.06. The minimum absolute atomic E-state index is 0.210. The zero-order valence-electron chi connectivity index (χ0n) is 10.4. The van der Waals surface area contributed by atoms with Gasteiger partial charge in [0.25, 0.3) is 5.91 Å². The van der Waals surface area contributed by atoms with E-state index in [1.807, 2.05) is 26.0 Å². The Bertz CT molecular complexity index is 576. The third kappa shape index (κ3) is 2.66. The average Bonchev–Trinajstić information content (AvgIpc) is 2.33. The minimum Gasteiger partial charge on any atom is -0.397 e. The molecule has 0 saturated heterocycles. The standard InChI is InChI=1S/C14H15N3O/c1-9-3-6-13(12(15)7-9)17-14(18)11-5-4-10(2)16-8-11/h3-8H,15H2,1-2H3,(H,17,18). The number of pyridine rings is 1. The highest BCUT2D eigenvalue weighted by Crippen LogP contribution is 2.20. The van der Waals surface area contributed by atoms with Crippen molar-refractivity contribution in [3.05, 3.63) is 53.3 Å². The molecule has 2 aromatic rings. The molecule has 0 aliphatic carbocycles. The zero-order chi connectivity index (χ0) is 13.1. The van der Waals surface area contributed by atoms with E-state index in [1.54, 1.807) is 24.4 Å². The highest BCUT2D eigenvalue weighted by molar-refractivity contribution is 6.05. The van der Waals surface area contributed by atoms with Gasteiger partial charge in [0.1, 0.15) is 0 Å². The number of anilines is 2. The molecular formula is C14H15N3O. The topological polar surface area (TPSA) is 68.0 Å². The van der Waals surface area contributed by atoms with Crippen LogP contribution in [0, 0.1) is 13.8 Å². The van der Waals surface area contributed by atoms with Gasteiger partial charge in [0, 0.05) is 11.9 Å². The monoisotopic (exact) mass is 241 g/mol. The van der Waals surface area contributed by atoms with Crippen molar-refractivity contribution in [1.82, 2.24) is 4.98 Å².